The van der Waals surface area contributed by atoms with Crippen molar-refractivity contribution in [1.29, 1.82) is 5.26 Å². The van der Waals surface area contributed by atoms with Gasteiger partial charge in [-0.3, -0.25) is 9.59 Å². The van der Waals surface area contributed by atoms with Crippen LogP contribution in [0.4, 0.5) is 0 Å². The van der Waals surface area contributed by atoms with Gasteiger partial charge in [-0.05, 0) is 18.1 Å². The molecule has 0 bridgehead atoms. The van der Waals surface area contributed by atoms with Crippen LogP contribution in [0.5, 0.6) is 11.5 Å². The normalized spacial score (nSPS) is 17.6. The summed E-state index contributed by atoms with van der Waals surface area (Å²) in [4.78, 5) is 24.0. The molecule has 0 aliphatic heterocycles. The Kier molecular flexibility index (Phi) is 3.52. The number of rotatable bonds is 3. The van der Waals surface area contributed by atoms with Gasteiger partial charge in [-0.2, -0.15) is 5.26 Å². The lowest BCUT2D eigenvalue weighted by Gasteiger charge is -2.22. The average molecular weight is 259 g/mol. The standard InChI is InChI=1S/C14H13NO4/c1-18-10-6-9-5-8(3-4-15)13(16)14(17)12(9)11(7-10)19-2/h6-8H,3,5H2,1-2H3. The highest BCUT2D eigenvalue weighted by molar-refractivity contribution is 6.46. The maximum absolute atomic E-state index is 12.1. The van der Waals surface area contributed by atoms with Crippen LogP contribution in [0.2, 0.25) is 0 Å². The molecule has 0 saturated carbocycles. The summed E-state index contributed by atoms with van der Waals surface area (Å²) in [5.74, 6) is -0.767. The zero-order valence-electron chi connectivity index (χ0n) is 10.7. The molecule has 0 saturated heterocycles. The van der Waals surface area contributed by atoms with Crippen molar-refractivity contribution < 1.29 is 19.1 Å². The lowest BCUT2D eigenvalue weighted by molar-refractivity contribution is -0.118. The van der Waals surface area contributed by atoms with Crippen molar-refractivity contribution in [3.8, 4) is 17.6 Å². The van der Waals surface area contributed by atoms with Crippen LogP contribution >= 0.6 is 0 Å². The number of Topliss-reactive ketones (excluding diaryl/α,β-unsaturated/α-hetero) is 2. The van der Waals surface area contributed by atoms with Gasteiger partial charge in [-0.25, -0.2) is 0 Å². The van der Waals surface area contributed by atoms with Gasteiger partial charge in [0.05, 0.1) is 25.9 Å². The van der Waals surface area contributed by atoms with E-state index in [1.54, 1.807) is 12.1 Å². The molecule has 98 valence electrons. The van der Waals surface area contributed by atoms with E-state index < -0.39 is 17.5 Å². The molecule has 0 N–H and O–H groups in total. The van der Waals surface area contributed by atoms with Crippen molar-refractivity contribution in [2.45, 2.75) is 12.8 Å². The predicted molar refractivity (Wildman–Crippen MR) is 66.3 cm³/mol. The van der Waals surface area contributed by atoms with Crippen molar-refractivity contribution in [3.63, 3.8) is 0 Å². The molecule has 5 nitrogen and oxygen atoms in total. The summed E-state index contributed by atoms with van der Waals surface area (Å²) in [6, 6.07) is 5.23. The summed E-state index contributed by atoms with van der Waals surface area (Å²) >= 11 is 0. The number of hydrogen-bond donors (Lipinski definition) is 0. The summed E-state index contributed by atoms with van der Waals surface area (Å²) in [6.45, 7) is 0. The molecule has 1 unspecified atom stereocenters. The van der Waals surface area contributed by atoms with Gasteiger partial charge in [0.2, 0.25) is 11.6 Å². The maximum atomic E-state index is 12.1. The number of fused-ring (bicyclic) bond motifs is 1. The first-order valence-corrected chi connectivity index (χ1v) is 5.82. The smallest absolute Gasteiger partial charge is 0.232 e. The predicted octanol–water partition coefficient (Wildman–Crippen LogP) is 1.54. The highest BCUT2D eigenvalue weighted by Crippen LogP contribution is 2.35. The van der Waals surface area contributed by atoms with Gasteiger partial charge >= 0.3 is 0 Å². The Morgan fingerprint density at radius 1 is 1.32 bits per heavy atom. The van der Waals surface area contributed by atoms with Crippen LogP contribution in [0.3, 0.4) is 0 Å². The topological polar surface area (TPSA) is 76.4 Å². The zero-order chi connectivity index (χ0) is 14.0. The van der Waals surface area contributed by atoms with Crippen molar-refractivity contribution in [1.82, 2.24) is 0 Å². The van der Waals surface area contributed by atoms with E-state index in [4.69, 9.17) is 14.7 Å². The summed E-state index contributed by atoms with van der Waals surface area (Å²) < 4.78 is 10.3. The fraction of sp³-hybridized carbons (Fsp3) is 0.357. The molecule has 1 aliphatic rings. The van der Waals surface area contributed by atoms with Gasteiger partial charge in [-0.1, -0.05) is 0 Å². The molecule has 1 aromatic carbocycles. The summed E-state index contributed by atoms with van der Waals surface area (Å²) in [5.41, 5.74) is 0.989. The zero-order valence-corrected chi connectivity index (χ0v) is 10.7. The molecule has 0 spiro atoms. The molecule has 0 aromatic heterocycles. The highest BCUT2D eigenvalue weighted by atomic mass is 16.5. The molecule has 0 radical (unpaired) electrons. The SMILES string of the molecule is COc1cc2c(c(OC)c1)C(=O)C(=O)C(CC#N)C2. The number of carbonyl (C=O) groups excluding carboxylic acids is 2. The fourth-order valence-corrected chi connectivity index (χ4v) is 2.28. The first-order valence-electron chi connectivity index (χ1n) is 5.82. The number of hydrogen-bond acceptors (Lipinski definition) is 5. The first-order chi connectivity index (χ1) is 9.12. The van der Waals surface area contributed by atoms with E-state index in [1.807, 2.05) is 6.07 Å². The molecular formula is C14H13NO4. The fourth-order valence-electron chi connectivity index (χ4n) is 2.28. The number of nitrogens with zero attached hydrogens (tertiary/aromatic N) is 1. The van der Waals surface area contributed by atoms with Gasteiger partial charge < -0.3 is 9.47 Å². The minimum Gasteiger partial charge on any atom is -0.497 e. The Labute approximate surface area is 110 Å². The monoisotopic (exact) mass is 259 g/mol. The Bertz CT molecular complexity index is 586. The van der Waals surface area contributed by atoms with Crippen LogP contribution in [-0.2, 0) is 11.2 Å². The van der Waals surface area contributed by atoms with E-state index in [-0.39, 0.29) is 6.42 Å². The van der Waals surface area contributed by atoms with Crippen LogP contribution < -0.4 is 9.47 Å². The van der Waals surface area contributed by atoms with Gasteiger partial charge in [0.25, 0.3) is 0 Å². The van der Waals surface area contributed by atoms with E-state index in [1.165, 1.54) is 14.2 Å². The molecule has 5 heteroatoms. The largest absolute Gasteiger partial charge is 0.497 e. The van der Waals surface area contributed by atoms with Gasteiger partial charge in [0.1, 0.15) is 11.5 Å². The molecule has 0 amide bonds. The molecule has 1 aliphatic carbocycles. The van der Waals surface area contributed by atoms with Crippen LogP contribution in [-0.4, -0.2) is 25.8 Å². The third kappa shape index (κ3) is 2.17. The van der Waals surface area contributed by atoms with E-state index in [9.17, 15) is 9.59 Å². The molecule has 2 rings (SSSR count). The number of methoxy groups -OCH3 is 2. The van der Waals surface area contributed by atoms with E-state index in [2.05, 4.69) is 0 Å². The number of ketones is 2. The van der Waals surface area contributed by atoms with E-state index >= 15 is 0 Å². The lowest BCUT2D eigenvalue weighted by Crippen LogP contribution is -2.32. The second kappa shape index (κ2) is 5.11. The first kappa shape index (κ1) is 13.1. The third-order valence-corrected chi connectivity index (χ3v) is 3.24. The van der Waals surface area contributed by atoms with Gasteiger partial charge in [0, 0.05) is 18.4 Å². The second-order valence-electron chi connectivity index (χ2n) is 4.32. The Morgan fingerprint density at radius 2 is 2.05 bits per heavy atom. The molecule has 0 fully saturated rings. The Morgan fingerprint density at radius 3 is 2.63 bits per heavy atom. The third-order valence-electron chi connectivity index (χ3n) is 3.24. The van der Waals surface area contributed by atoms with E-state index in [0.29, 0.717) is 29.0 Å². The number of benzene rings is 1. The van der Waals surface area contributed by atoms with Crippen LogP contribution in [0.15, 0.2) is 12.1 Å². The van der Waals surface area contributed by atoms with Gasteiger partial charge in [0.15, 0.2) is 0 Å². The summed E-state index contributed by atoms with van der Waals surface area (Å²) in [6.07, 6.45) is 0.407. The number of ether oxygens (including phenoxy) is 2. The van der Waals surface area contributed by atoms with Gasteiger partial charge in [-0.15, -0.1) is 0 Å². The number of carbonyl (C=O) groups is 2. The minimum absolute atomic E-state index is 0.0452. The Hall–Kier alpha value is -2.35. The minimum atomic E-state index is -0.582. The number of nitriles is 1. The summed E-state index contributed by atoms with van der Waals surface area (Å²) in [7, 11) is 2.96. The lowest BCUT2D eigenvalue weighted by atomic mass is 9.80. The molecular weight excluding hydrogens is 246 g/mol. The highest BCUT2D eigenvalue weighted by Gasteiger charge is 2.36. The van der Waals surface area contributed by atoms with Crippen LogP contribution in [0.25, 0.3) is 0 Å². The Balaban J connectivity index is 2.55. The molecule has 1 aromatic rings. The quantitative estimate of drug-likeness (QED) is 0.769. The van der Waals surface area contributed by atoms with Crippen LogP contribution in [0, 0.1) is 17.2 Å². The molecule has 19 heavy (non-hydrogen) atoms. The average Bonchev–Trinajstić information content (AvgIpc) is 2.43. The molecule has 1 atom stereocenters. The van der Waals surface area contributed by atoms with Crippen molar-refractivity contribution in [2.75, 3.05) is 14.2 Å². The van der Waals surface area contributed by atoms with E-state index in [0.717, 1.165) is 0 Å². The van der Waals surface area contributed by atoms with Crippen molar-refractivity contribution in [3.05, 3.63) is 23.3 Å². The van der Waals surface area contributed by atoms with Crippen molar-refractivity contribution >= 4 is 11.6 Å². The van der Waals surface area contributed by atoms with Crippen LogP contribution in [0.1, 0.15) is 22.3 Å². The van der Waals surface area contributed by atoms with Crippen molar-refractivity contribution in [2.24, 2.45) is 5.92 Å². The second-order valence-corrected chi connectivity index (χ2v) is 4.32. The maximum Gasteiger partial charge on any atom is 0.232 e. The summed E-state index contributed by atoms with van der Waals surface area (Å²) in [5, 5.41) is 8.71. The molecule has 0 heterocycles.